The number of hydrogen-bond donors (Lipinski definition) is 2. The number of aromatic carboxylic acids is 1. The van der Waals surface area contributed by atoms with Crippen molar-refractivity contribution in [2.45, 2.75) is 52.9 Å². The lowest BCUT2D eigenvalue weighted by atomic mass is 9.71. The number of carboxylic acid groups (broad SMARTS) is 1. The van der Waals surface area contributed by atoms with Crippen LogP contribution in [-0.2, 0) is 11.8 Å². The molecular formula is C22H28O3. The maximum absolute atomic E-state index is 11.6. The normalized spacial score (nSPS) is 12.2. The number of benzene rings is 2. The van der Waals surface area contributed by atoms with Crippen LogP contribution in [-0.4, -0.2) is 16.2 Å². The highest BCUT2D eigenvalue weighted by atomic mass is 16.4. The minimum atomic E-state index is -1.10. The zero-order valence-corrected chi connectivity index (χ0v) is 15.8. The summed E-state index contributed by atoms with van der Waals surface area (Å²) in [5.41, 5.74) is 2.43. The van der Waals surface area contributed by atoms with Crippen LogP contribution in [0.2, 0.25) is 0 Å². The molecule has 2 aromatic rings. The Kier molecular flexibility index (Phi) is 5.26. The molecule has 0 saturated heterocycles. The Morgan fingerprint density at radius 3 is 2.08 bits per heavy atom. The van der Waals surface area contributed by atoms with E-state index in [1.165, 1.54) is 0 Å². The van der Waals surface area contributed by atoms with Crippen LogP contribution < -0.4 is 0 Å². The van der Waals surface area contributed by atoms with Gasteiger partial charge in [-0.3, -0.25) is 0 Å². The fourth-order valence-electron chi connectivity index (χ4n) is 3.73. The Morgan fingerprint density at radius 1 is 0.960 bits per heavy atom. The summed E-state index contributed by atoms with van der Waals surface area (Å²) in [6.07, 6.45) is 1.47. The van der Waals surface area contributed by atoms with E-state index in [1.54, 1.807) is 6.07 Å². The van der Waals surface area contributed by atoms with Gasteiger partial charge in [0.05, 0.1) is 0 Å². The predicted octanol–water partition coefficient (Wildman–Crippen LogP) is 5.40. The van der Waals surface area contributed by atoms with Crippen LogP contribution in [0.3, 0.4) is 0 Å². The van der Waals surface area contributed by atoms with Crippen LogP contribution in [0.4, 0.5) is 0 Å². The molecule has 0 aromatic heterocycles. The smallest absolute Gasteiger partial charge is 0.339 e. The van der Waals surface area contributed by atoms with Gasteiger partial charge in [0.25, 0.3) is 0 Å². The third-order valence-corrected chi connectivity index (χ3v) is 4.35. The van der Waals surface area contributed by atoms with Crippen LogP contribution in [0.5, 0.6) is 5.75 Å². The molecule has 0 aliphatic carbocycles. The molecule has 0 fully saturated rings. The van der Waals surface area contributed by atoms with Gasteiger partial charge in [-0.1, -0.05) is 71.0 Å². The molecule has 3 nitrogen and oxygen atoms in total. The molecule has 0 unspecified atom stereocenters. The van der Waals surface area contributed by atoms with E-state index in [2.05, 4.69) is 34.6 Å². The summed E-state index contributed by atoms with van der Waals surface area (Å²) >= 11 is 0. The van der Waals surface area contributed by atoms with Crippen molar-refractivity contribution < 1.29 is 15.0 Å². The number of carboxylic acids is 1. The monoisotopic (exact) mass is 340 g/mol. The molecule has 0 amide bonds. The lowest BCUT2D eigenvalue weighted by molar-refractivity contribution is 0.0693. The Labute approximate surface area is 150 Å². The van der Waals surface area contributed by atoms with Crippen LogP contribution in [0, 0.1) is 5.41 Å². The van der Waals surface area contributed by atoms with Gasteiger partial charge in [-0.2, -0.15) is 0 Å². The zero-order valence-electron chi connectivity index (χ0n) is 15.8. The fourth-order valence-corrected chi connectivity index (χ4v) is 3.73. The van der Waals surface area contributed by atoms with Gasteiger partial charge in [0, 0.05) is 5.56 Å². The second kappa shape index (κ2) is 6.91. The predicted molar refractivity (Wildman–Crippen MR) is 101 cm³/mol. The van der Waals surface area contributed by atoms with Gasteiger partial charge in [-0.15, -0.1) is 0 Å². The second-order valence-corrected chi connectivity index (χ2v) is 8.63. The summed E-state index contributed by atoms with van der Waals surface area (Å²) in [4.78, 5) is 11.6. The number of rotatable bonds is 5. The first-order valence-corrected chi connectivity index (χ1v) is 8.63. The fraction of sp³-hybridized carbons (Fsp3) is 0.409. The molecule has 2 aromatic carbocycles. The van der Waals surface area contributed by atoms with E-state index in [4.69, 9.17) is 0 Å². The molecule has 2 rings (SSSR count). The van der Waals surface area contributed by atoms with E-state index < -0.39 is 5.97 Å². The Hall–Kier alpha value is -2.29. The second-order valence-electron chi connectivity index (χ2n) is 8.63. The van der Waals surface area contributed by atoms with E-state index in [1.807, 2.05) is 36.4 Å². The summed E-state index contributed by atoms with van der Waals surface area (Å²) in [7, 11) is 0. The van der Waals surface area contributed by atoms with E-state index in [0.717, 1.165) is 17.5 Å². The van der Waals surface area contributed by atoms with Crippen molar-refractivity contribution in [1.82, 2.24) is 0 Å². The third kappa shape index (κ3) is 4.85. The van der Waals surface area contributed by atoms with E-state index in [0.29, 0.717) is 12.0 Å². The summed E-state index contributed by atoms with van der Waals surface area (Å²) in [5.74, 6) is -1.21. The number of phenols is 1. The van der Waals surface area contributed by atoms with Crippen LogP contribution >= 0.6 is 0 Å². The molecule has 2 N–H and O–H groups in total. The first kappa shape index (κ1) is 19.0. The molecule has 3 heteroatoms. The van der Waals surface area contributed by atoms with Crippen LogP contribution in [0.1, 0.15) is 68.1 Å². The van der Waals surface area contributed by atoms with Gasteiger partial charge in [-0.25, -0.2) is 4.79 Å². The molecule has 0 spiro atoms. The lowest BCUT2D eigenvalue weighted by Gasteiger charge is -2.34. The van der Waals surface area contributed by atoms with E-state index >= 15 is 0 Å². The van der Waals surface area contributed by atoms with Crippen molar-refractivity contribution >= 4 is 5.97 Å². The van der Waals surface area contributed by atoms with E-state index in [9.17, 15) is 15.0 Å². The van der Waals surface area contributed by atoms with Gasteiger partial charge in [0.15, 0.2) is 0 Å². The summed E-state index contributed by atoms with van der Waals surface area (Å²) in [6, 6.07) is 13.5. The molecule has 134 valence electrons. The van der Waals surface area contributed by atoms with E-state index in [-0.39, 0.29) is 22.1 Å². The molecule has 0 atom stereocenters. The van der Waals surface area contributed by atoms with Crippen molar-refractivity contribution in [2.75, 3.05) is 0 Å². The maximum Gasteiger partial charge on any atom is 0.339 e. The SMILES string of the molecule is CC(C)(C)CC(C)(C)c1cc(Cc2ccccc2)cc(C(=O)O)c1O. The molecular weight excluding hydrogens is 312 g/mol. The van der Waals surface area contributed by atoms with Crippen molar-refractivity contribution in [1.29, 1.82) is 0 Å². The molecule has 0 aliphatic rings. The lowest BCUT2D eigenvalue weighted by Crippen LogP contribution is -2.25. The van der Waals surface area contributed by atoms with Crippen LogP contribution in [0.25, 0.3) is 0 Å². The minimum Gasteiger partial charge on any atom is -0.507 e. The van der Waals surface area contributed by atoms with Crippen molar-refractivity contribution in [2.24, 2.45) is 5.41 Å². The van der Waals surface area contributed by atoms with Gasteiger partial charge in [0.2, 0.25) is 0 Å². The van der Waals surface area contributed by atoms with Gasteiger partial charge in [-0.05, 0) is 40.9 Å². The topological polar surface area (TPSA) is 57.5 Å². The first-order valence-electron chi connectivity index (χ1n) is 8.63. The van der Waals surface area contributed by atoms with Gasteiger partial charge < -0.3 is 10.2 Å². The molecule has 0 bridgehead atoms. The molecule has 0 saturated carbocycles. The Bertz CT molecular complexity index is 753. The average Bonchev–Trinajstić information content (AvgIpc) is 2.47. The summed E-state index contributed by atoms with van der Waals surface area (Å²) in [5, 5.41) is 20.1. The number of aromatic hydroxyl groups is 1. The highest BCUT2D eigenvalue weighted by Gasteiger charge is 2.31. The zero-order chi connectivity index (χ0) is 18.8. The largest absolute Gasteiger partial charge is 0.507 e. The Balaban J connectivity index is 2.53. The molecule has 0 radical (unpaired) electrons. The highest BCUT2D eigenvalue weighted by Crippen LogP contribution is 2.42. The standard InChI is InChI=1S/C22H28O3/c1-21(2,3)14-22(4,5)18-13-16(11-15-9-7-6-8-10-15)12-17(19(18)23)20(24)25/h6-10,12-13,23H,11,14H2,1-5H3,(H,24,25). The van der Waals surface area contributed by atoms with Crippen LogP contribution in [0.15, 0.2) is 42.5 Å². The third-order valence-electron chi connectivity index (χ3n) is 4.35. The Morgan fingerprint density at radius 2 is 1.56 bits per heavy atom. The molecule has 0 heterocycles. The maximum atomic E-state index is 11.6. The average molecular weight is 340 g/mol. The molecule has 25 heavy (non-hydrogen) atoms. The quantitative estimate of drug-likeness (QED) is 0.766. The number of carbonyl (C=O) groups is 1. The first-order chi connectivity index (χ1) is 11.5. The van der Waals surface area contributed by atoms with Gasteiger partial charge in [0.1, 0.15) is 11.3 Å². The molecule has 0 aliphatic heterocycles. The van der Waals surface area contributed by atoms with Crippen molar-refractivity contribution in [3.8, 4) is 5.75 Å². The highest BCUT2D eigenvalue weighted by molar-refractivity contribution is 5.91. The summed E-state index contributed by atoms with van der Waals surface area (Å²) < 4.78 is 0. The summed E-state index contributed by atoms with van der Waals surface area (Å²) in [6.45, 7) is 10.6. The minimum absolute atomic E-state index is 0.0228. The van der Waals surface area contributed by atoms with Crippen molar-refractivity contribution in [3.05, 3.63) is 64.7 Å². The van der Waals surface area contributed by atoms with Crippen molar-refractivity contribution in [3.63, 3.8) is 0 Å². The number of hydrogen-bond acceptors (Lipinski definition) is 2. The van der Waals surface area contributed by atoms with Gasteiger partial charge >= 0.3 is 5.97 Å².